The molecule has 1 saturated heterocycles. The van der Waals surface area contributed by atoms with Gasteiger partial charge in [-0.25, -0.2) is 4.68 Å². The molecule has 0 spiro atoms. The fourth-order valence-corrected chi connectivity index (χ4v) is 2.98. The molecule has 25 heavy (non-hydrogen) atoms. The van der Waals surface area contributed by atoms with Crippen LogP contribution in [0.15, 0.2) is 36.5 Å². The average molecular weight is 352 g/mol. The highest BCUT2D eigenvalue weighted by Crippen LogP contribution is 2.34. The van der Waals surface area contributed by atoms with Crippen LogP contribution in [0.25, 0.3) is 5.69 Å². The molecule has 1 amide bonds. The predicted molar refractivity (Wildman–Crippen MR) is 86.6 cm³/mol. The standard InChI is InChI=1S/C17H19F3N4O/c1-2-22-8-10-23(11-9-22)16(25)14-12-21-24(15(14)17(18,19)20)13-6-4-3-5-7-13/h3-7,12H,2,8-11H2,1H3. The Bertz CT molecular complexity index is 734. The lowest BCUT2D eigenvalue weighted by Gasteiger charge is -2.34. The van der Waals surface area contributed by atoms with Crippen molar-refractivity contribution in [1.29, 1.82) is 0 Å². The molecule has 0 N–H and O–H groups in total. The van der Waals surface area contributed by atoms with Gasteiger partial charge in [0.25, 0.3) is 5.91 Å². The van der Waals surface area contributed by atoms with Crippen molar-refractivity contribution in [3.8, 4) is 5.69 Å². The Morgan fingerprint density at radius 1 is 1.12 bits per heavy atom. The first-order valence-corrected chi connectivity index (χ1v) is 8.14. The summed E-state index contributed by atoms with van der Waals surface area (Å²) in [5, 5.41) is 3.84. The van der Waals surface area contributed by atoms with Crippen LogP contribution >= 0.6 is 0 Å². The number of likely N-dealkylation sites (N-methyl/N-ethyl adjacent to an activating group) is 1. The van der Waals surface area contributed by atoms with Crippen LogP contribution in [-0.2, 0) is 6.18 Å². The number of amides is 1. The quantitative estimate of drug-likeness (QED) is 0.853. The van der Waals surface area contributed by atoms with Crippen molar-refractivity contribution in [2.24, 2.45) is 0 Å². The van der Waals surface area contributed by atoms with Gasteiger partial charge in [-0.1, -0.05) is 25.1 Å². The zero-order chi connectivity index (χ0) is 18.0. The SMILES string of the molecule is CCN1CCN(C(=O)c2cnn(-c3ccccc3)c2C(F)(F)F)CC1. The van der Waals surface area contributed by atoms with Gasteiger partial charge >= 0.3 is 6.18 Å². The summed E-state index contributed by atoms with van der Waals surface area (Å²) in [6.45, 7) is 5.04. The van der Waals surface area contributed by atoms with Crippen LogP contribution in [0.1, 0.15) is 23.0 Å². The maximum Gasteiger partial charge on any atom is 0.434 e. The molecule has 0 saturated carbocycles. The second-order valence-corrected chi connectivity index (χ2v) is 5.88. The van der Waals surface area contributed by atoms with E-state index in [1.165, 1.54) is 17.0 Å². The van der Waals surface area contributed by atoms with E-state index >= 15 is 0 Å². The van der Waals surface area contributed by atoms with E-state index in [1.54, 1.807) is 18.2 Å². The van der Waals surface area contributed by atoms with Gasteiger partial charge in [-0.2, -0.15) is 18.3 Å². The zero-order valence-electron chi connectivity index (χ0n) is 13.8. The van der Waals surface area contributed by atoms with Crippen LogP contribution < -0.4 is 0 Å². The van der Waals surface area contributed by atoms with E-state index in [1.807, 2.05) is 6.92 Å². The first-order valence-electron chi connectivity index (χ1n) is 8.14. The summed E-state index contributed by atoms with van der Waals surface area (Å²) in [5.41, 5.74) is -1.16. The van der Waals surface area contributed by atoms with Crippen molar-refractivity contribution in [3.05, 3.63) is 47.8 Å². The molecular weight excluding hydrogens is 333 g/mol. The Morgan fingerprint density at radius 2 is 1.76 bits per heavy atom. The monoisotopic (exact) mass is 352 g/mol. The van der Waals surface area contributed by atoms with Gasteiger partial charge in [0.05, 0.1) is 17.4 Å². The number of hydrogen-bond acceptors (Lipinski definition) is 3. The molecule has 3 rings (SSSR count). The van der Waals surface area contributed by atoms with Crippen molar-refractivity contribution < 1.29 is 18.0 Å². The predicted octanol–water partition coefficient (Wildman–Crippen LogP) is 2.67. The number of piperazine rings is 1. The summed E-state index contributed by atoms with van der Waals surface area (Å²) >= 11 is 0. The number of nitrogens with zero attached hydrogens (tertiary/aromatic N) is 4. The van der Waals surface area contributed by atoms with Crippen molar-refractivity contribution in [2.75, 3.05) is 32.7 Å². The minimum atomic E-state index is -4.68. The molecule has 1 fully saturated rings. The number of benzene rings is 1. The minimum absolute atomic E-state index is 0.268. The van der Waals surface area contributed by atoms with Crippen LogP contribution in [0.3, 0.4) is 0 Å². The molecule has 1 aliphatic rings. The molecule has 5 nitrogen and oxygen atoms in total. The molecule has 0 unspecified atom stereocenters. The lowest BCUT2D eigenvalue weighted by molar-refractivity contribution is -0.143. The number of hydrogen-bond donors (Lipinski definition) is 0. The molecule has 0 bridgehead atoms. The molecule has 1 aromatic carbocycles. The van der Waals surface area contributed by atoms with Crippen LogP contribution in [0, 0.1) is 0 Å². The summed E-state index contributed by atoms with van der Waals surface area (Å²) in [5.74, 6) is -0.620. The molecule has 0 radical (unpaired) electrons. The second kappa shape index (κ2) is 6.87. The van der Waals surface area contributed by atoms with Gasteiger partial charge in [-0.3, -0.25) is 4.79 Å². The molecule has 2 heterocycles. The summed E-state index contributed by atoms with van der Waals surface area (Å²) in [6.07, 6.45) is -3.66. The van der Waals surface area contributed by atoms with Crippen LogP contribution in [0.5, 0.6) is 0 Å². The number of carbonyl (C=O) groups excluding carboxylic acids is 1. The molecule has 8 heteroatoms. The number of alkyl halides is 3. The largest absolute Gasteiger partial charge is 0.434 e. The smallest absolute Gasteiger partial charge is 0.336 e. The van der Waals surface area contributed by atoms with Crippen molar-refractivity contribution in [3.63, 3.8) is 0 Å². The molecule has 134 valence electrons. The second-order valence-electron chi connectivity index (χ2n) is 5.88. The minimum Gasteiger partial charge on any atom is -0.336 e. The normalized spacial score (nSPS) is 16.2. The highest BCUT2D eigenvalue weighted by Gasteiger charge is 2.41. The summed E-state index contributed by atoms with van der Waals surface area (Å²) in [6, 6.07) is 8.01. The Labute approximate surface area is 143 Å². The number of aromatic nitrogens is 2. The van der Waals surface area contributed by atoms with Gasteiger partial charge in [0.1, 0.15) is 0 Å². The van der Waals surface area contributed by atoms with Crippen molar-refractivity contribution >= 4 is 5.91 Å². The molecule has 1 aromatic heterocycles. The van der Waals surface area contributed by atoms with Gasteiger partial charge < -0.3 is 9.80 Å². The number of rotatable bonds is 3. The first kappa shape index (κ1) is 17.5. The third-order valence-electron chi connectivity index (χ3n) is 4.38. The van der Waals surface area contributed by atoms with E-state index in [0.717, 1.165) is 17.4 Å². The third kappa shape index (κ3) is 3.53. The maximum atomic E-state index is 13.6. The van der Waals surface area contributed by atoms with Gasteiger partial charge in [0.2, 0.25) is 0 Å². The lowest BCUT2D eigenvalue weighted by Crippen LogP contribution is -2.48. The summed E-state index contributed by atoms with van der Waals surface area (Å²) in [7, 11) is 0. The molecule has 0 atom stereocenters. The maximum absolute atomic E-state index is 13.6. The Balaban J connectivity index is 1.94. The third-order valence-corrected chi connectivity index (χ3v) is 4.38. The molecule has 0 aliphatic carbocycles. The lowest BCUT2D eigenvalue weighted by atomic mass is 10.2. The van der Waals surface area contributed by atoms with E-state index in [-0.39, 0.29) is 5.69 Å². The summed E-state index contributed by atoms with van der Waals surface area (Å²) in [4.78, 5) is 16.3. The van der Waals surface area contributed by atoms with Gasteiger partial charge in [-0.05, 0) is 18.7 Å². The fourth-order valence-electron chi connectivity index (χ4n) is 2.98. The van der Waals surface area contributed by atoms with E-state index in [4.69, 9.17) is 0 Å². The topological polar surface area (TPSA) is 41.4 Å². The average Bonchev–Trinajstić information content (AvgIpc) is 3.07. The highest BCUT2D eigenvalue weighted by molar-refractivity contribution is 5.95. The first-order chi connectivity index (χ1) is 11.9. The zero-order valence-corrected chi connectivity index (χ0v) is 13.8. The number of carbonyl (C=O) groups is 1. The molecular formula is C17H19F3N4O. The van der Waals surface area contributed by atoms with Gasteiger partial charge in [-0.15, -0.1) is 0 Å². The van der Waals surface area contributed by atoms with Gasteiger partial charge in [0, 0.05) is 26.2 Å². The van der Waals surface area contributed by atoms with E-state index < -0.39 is 23.3 Å². The fraction of sp³-hybridized carbons (Fsp3) is 0.412. The van der Waals surface area contributed by atoms with Crippen LogP contribution in [0.2, 0.25) is 0 Å². The number of halogens is 3. The number of para-hydroxylation sites is 1. The van der Waals surface area contributed by atoms with Crippen molar-refractivity contribution in [2.45, 2.75) is 13.1 Å². The van der Waals surface area contributed by atoms with E-state index in [2.05, 4.69) is 10.00 Å². The van der Waals surface area contributed by atoms with Crippen molar-refractivity contribution in [1.82, 2.24) is 19.6 Å². The molecule has 2 aromatic rings. The molecule has 1 aliphatic heterocycles. The highest BCUT2D eigenvalue weighted by atomic mass is 19.4. The van der Waals surface area contributed by atoms with Gasteiger partial charge in [0.15, 0.2) is 5.69 Å². The Kier molecular flexibility index (Phi) is 4.80. The van der Waals surface area contributed by atoms with Crippen LogP contribution in [-0.4, -0.2) is 58.2 Å². The Morgan fingerprint density at radius 3 is 2.32 bits per heavy atom. The van der Waals surface area contributed by atoms with Crippen LogP contribution in [0.4, 0.5) is 13.2 Å². The van der Waals surface area contributed by atoms with E-state index in [0.29, 0.717) is 26.2 Å². The summed E-state index contributed by atoms with van der Waals surface area (Å²) < 4.78 is 41.7. The van der Waals surface area contributed by atoms with E-state index in [9.17, 15) is 18.0 Å². The Hall–Kier alpha value is -2.35.